The summed E-state index contributed by atoms with van der Waals surface area (Å²) in [6, 6.07) is 1.82. The Morgan fingerprint density at radius 1 is 1.55 bits per heavy atom. The number of nitrogens with zero attached hydrogens (tertiary/aromatic N) is 3. The Hall–Kier alpha value is -2.21. The molecular formula is C13H15ClN5O+. The molecule has 3 heterocycles. The average molecular weight is 293 g/mol. The Morgan fingerprint density at radius 2 is 2.35 bits per heavy atom. The number of hydrogen-bond acceptors (Lipinski definition) is 3. The van der Waals surface area contributed by atoms with Crippen molar-refractivity contribution in [2.24, 2.45) is 14.1 Å². The minimum absolute atomic E-state index is 0.556. The molecule has 0 aromatic carbocycles. The van der Waals surface area contributed by atoms with Gasteiger partial charge in [-0.05, 0) is 6.07 Å². The number of nitrogens with one attached hydrogen (secondary N) is 1. The second kappa shape index (κ2) is 4.72. The van der Waals surface area contributed by atoms with E-state index in [0.29, 0.717) is 23.3 Å². The number of nitrogen functional groups attached to an aromatic ring is 1. The smallest absolute Gasteiger partial charge is 0.352 e. The number of H-pyrrole nitrogens is 1. The normalized spacial score (nSPS) is 11.2. The molecule has 0 saturated heterocycles. The van der Waals surface area contributed by atoms with Gasteiger partial charge in [0.05, 0.1) is 30.9 Å². The lowest BCUT2D eigenvalue weighted by atomic mass is 10.3. The van der Waals surface area contributed by atoms with E-state index in [9.17, 15) is 0 Å². The molecule has 20 heavy (non-hydrogen) atoms. The SMILES string of the molecule is Cn1cc(Cl)cc1-c1ncc(Cc2c[nH]c(N)[n+]2C)o1. The summed E-state index contributed by atoms with van der Waals surface area (Å²) in [6.45, 7) is 0. The van der Waals surface area contributed by atoms with Gasteiger partial charge in [-0.15, -0.1) is 0 Å². The summed E-state index contributed by atoms with van der Waals surface area (Å²) in [6.07, 6.45) is 6.01. The van der Waals surface area contributed by atoms with E-state index in [2.05, 4.69) is 9.97 Å². The minimum Gasteiger partial charge on any atom is -0.439 e. The Morgan fingerprint density at radius 3 is 2.95 bits per heavy atom. The quantitative estimate of drug-likeness (QED) is 0.721. The first kappa shape index (κ1) is 12.8. The van der Waals surface area contributed by atoms with E-state index >= 15 is 0 Å². The van der Waals surface area contributed by atoms with Gasteiger partial charge in [0.2, 0.25) is 5.89 Å². The molecule has 0 saturated carbocycles. The van der Waals surface area contributed by atoms with E-state index < -0.39 is 0 Å². The number of halogens is 1. The number of aromatic nitrogens is 4. The second-order valence-corrected chi connectivity index (χ2v) is 5.12. The van der Waals surface area contributed by atoms with Crippen molar-refractivity contribution in [3.63, 3.8) is 0 Å². The molecule has 0 aliphatic heterocycles. The Balaban J connectivity index is 1.87. The summed E-state index contributed by atoms with van der Waals surface area (Å²) < 4.78 is 9.53. The van der Waals surface area contributed by atoms with Gasteiger partial charge in [0.1, 0.15) is 17.1 Å². The van der Waals surface area contributed by atoms with Crippen LogP contribution in [0.2, 0.25) is 5.02 Å². The highest BCUT2D eigenvalue weighted by atomic mass is 35.5. The fraction of sp³-hybridized carbons (Fsp3) is 0.231. The predicted molar refractivity (Wildman–Crippen MR) is 75.1 cm³/mol. The molecule has 0 atom stereocenters. The fourth-order valence-electron chi connectivity index (χ4n) is 2.10. The van der Waals surface area contributed by atoms with Gasteiger partial charge < -0.3 is 8.98 Å². The Labute approximate surface area is 120 Å². The van der Waals surface area contributed by atoms with Gasteiger partial charge in [-0.25, -0.2) is 14.5 Å². The average Bonchev–Trinajstić information content (AvgIpc) is 3.06. The summed E-state index contributed by atoms with van der Waals surface area (Å²) in [7, 11) is 3.80. The molecule has 3 aromatic heterocycles. The molecule has 0 fully saturated rings. The highest BCUT2D eigenvalue weighted by Crippen LogP contribution is 2.24. The fourth-order valence-corrected chi connectivity index (χ4v) is 2.35. The van der Waals surface area contributed by atoms with Gasteiger partial charge >= 0.3 is 5.95 Å². The molecule has 3 N–H and O–H groups in total. The summed E-state index contributed by atoms with van der Waals surface area (Å²) in [5.74, 6) is 1.93. The van der Waals surface area contributed by atoms with Crippen LogP contribution in [0.15, 0.2) is 29.1 Å². The molecule has 0 bridgehead atoms. The number of nitrogens with two attached hydrogens (primary N) is 1. The maximum Gasteiger partial charge on any atom is 0.352 e. The van der Waals surface area contributed by atoms with Crippen LogP contribution in [0, 0.1) is 0 Å². The van der Waals surface area contributed by atoms with Gasteiger partial charge in [-0.1, -0.05) is 11.6 Å². The van der Waals surface area contributed by atoms with Crippen molar-refractivity contribution in [2.45, 2.75) is 6.42 Å². The molecular weight excluding hydrogens is 278 g/mol. The molecule has 7 heteroatoms. The molecule has 104 valence electrons. The summed E-state index contributed by atoms with van der Waals surface area (Å²) in [5, 5.41) is 0.659. The van der Waals surface area contributed by atoms with E-state index in [1.165, 1.54) is 0 Å². The van der Waals surface area contributed by atoms with Gasteiger partial charge in [0.25, 0.3) is 0 Å². The van der Waals surface area contributed by atoms with Gasteiger partial charge in [-0.3, -0.25) is 5.73 Å². The zero-order valence-electron chi connectivity index (χ0n) is 11.2. The Kier molecular flexibility index (Phi) is 3.02. The third-order valence-corrected chi connectivity index (χ3v) is 3.49. The van der Waals surface area contributed by atoms with Crippen molar-refractivity contribution in [1.29, 1.82) is 0 Å². The zero-order valence-corrected chi connectivity index (χ0v) is 12.0. The van der Waals surface area contributed by atoms with Crippen molar-refractivity contribution in [2.75, 3.05) is 5.73 Å². The molecule has 0 aliphatic rings. The molecule has 0 unspecified atom stereocenters. The van der Waals surface area contributed by atoms with Crippen LogP contribution in [0.5, 0.6) is 0 Å². The van der Waals surface area contributed by atoms with Crippen molar-refractivity contribution in [3.8, 4) is 11.6 Å². The molecule has 3 aromatic rings. The van der Waals surface area contributed by atoms with Gasteiger partial charge in [0.15, 0.2) is 0 Å². The number of rotatable bonds is 3. The first-order valence-corrected chi connectivity index (χ1v) is 6.51. The molecule has 6 nitrogen and oxygen atoms in total. The first-order chi connectivity index (χ1) is 9.54. The topological polar surface area (TPSA) is 76.7 Å². The second-order valence-electron chi connectivity index (χ2n) is 4.69. The van der Waals surface area contributed by atoms with Crippen LogP contribution in [-0.4, -0.2) is 14.5 Å². The first-order valence-electron chi connectivity index (χ1n) is 6.13. The zero-order chi connectivity index (χ0) is 14.3. The molecule has 0 radical (unpaired) electrons. The van der Waals surface area contributed by atoms with Crippen LogP contribution < -0.4 is 10.3 Å². The van der Waals surface area contributed by atoms with Crippen LogP contribution in [0.3, 0.4) is 0 Å². The third-order valence-electron chi connectivity index (χ3n) is 3.28. The van der Waals surface area contributed by atoms with Gasteiger partial charge in [-0.2, -0.15) is 0 Å². The highest BCUT2D eigenvalue weighted by Gasteiger charge is 2.15. The van der Waals surface area contributed by atoms with E-state index in [1.54, 1.807) is 6.20 Å². The van der Waals surface area contributed by atoms with Crippen LogP contribution in [0.1, 0.15) is 11.5 Å². The van der Waals surface area contributed by atoms with E-state index in [4.69, 9.17) is 21.8 Å². The molecule has 0 amide bonds. The van der Waals surface area contributed by atoms with E-state index in [1.807, 2.05) is 41.7 Å². The number of hydrogen-bond donors (Lipinski definition) is 2. The summed E-state index contributed by atoms with van der Waals surface area (Å²) in [4.78, 5) is 7.26. The third kappa shape index (κ3) is 2.18. The van der Waals surface area contributed by atoms with E-state index in [-0.39, 0.29) is 0 Å². The van der Waals surface area contributed by atoms with Crippen molar-refractivity contribution in [3.05, 3.63) is 41.1 Å². The number of aryl methyl sites for hydroxylation is 1. The maximum atomic E-state index is 5.96. The van der Waals surface area contributed by atoms with Crippen molar-refractivity contribution < 1.29 is 8.98 Å². The summed E-state index contributed by atoms with van der Waals surface area (Å²) >= 11 is 5.96. The van der Waals surface area contributed by atoms with Crippen LogP contribution >= 0.6 is 11.6 Å². The number of anilines is 1. The van der Waals surface area contributed by atoms with Crippen LogP contribution in [-0.2, 0) is 20.5 Å². The number of aromatic amines is 1. The minimum atomic E-state index is 0.556. The lowest BCUT2D eigenvalue weighted by molar-refractivity contribution is -0.662. The highest BCUT2D eigenvalue weighted by molar-refractivity contribution is 6.30. The van der Waals surface area contributed by atoms with Crippen molar-refractivity contribution in [1.82, 2.24) is 14.5 Å². The number of oxazole rings is 1. The monoisotopic (exact) mass is 292 g/mol. The summed E-state index contributed by atoms with van der Waals surface area (Å²) in [5.41, 5.74) is 7.63. The van der Waals surface area contributed by atoms with Gasteiger partial charge in [0, 0.05) is 13.2 Å². The standard InChI is InChI=1S/C13H14ClN5O/c1-18-7-8(14)3-11(18)12-16-6-10(20-12)4-9-5-17-13(15)19(9)2/h3,5-7H,4H2,1-2H3,(H2,15,17)/p+1. The molecule has 3 rings (SSSR count). The molecule has 0 aliphatic carbocycles. The largest absolute Gasteiger partial charge is 0.439 e. The van der Waals surface area contributed by atoms with Crippen LogP contribution in [0.4, 0.5) is 5.95 Å². The lowest BCUT2D eigenvalue weighted by Crippen LogP contribution is -2.34. The molecule has 0 spiro atoms. The van der Waals surface area contributed by atoms with Crippen molar-refractivity contribution >= 4 is 17.5 Å². The van der Waals surface area contributed by atoms with E-state index in [0.717, 1.165) is 17.1 Å². The predicted octanol–water partition coefficient (Wildman–Crippen LogP) is 1.66. The maximum absolute atomic E-state index is 5.96. The number of imidazole rings is 1. The van der Waals surface area contributed by atoms with Crippen LogP contribution in [0.25, 0.3) is 11.6 Å². The Bertz CT molecular complexity index is 755. The lowest BCUT2D eigenvalue weighted by Gasteiger charge is -1.97.